The van der Waals surface area contributed by atoms with Crippen molar-refractivity contribution in [3.05, 3.63) is 26.3 Å². The molecule has 96 valence electrons. The van der Waals surface area contributed by atoms with E-state index in [0.717, 1.165) is 18.5 Å². The van der Waals surface area contributed by atoms with Crippen LogP contribution in [0, 0.1) is 0 Å². The second-order valence-corrected chi connectivity index (χ2v) is 4.73. The Bertz CT molecular complexity index is 430. The van der Waals surface area contributed by atoms with Crippen molar-refractivity contribution >= 4 is 15.9 Å². The topological polar surface area (TPSA) is 55.0 Å². The van der Waals surface area contributed by atoms with Crippen LogP contribution in [-0.2, 0) is 16.8 Å². The fraction of sp³-hybridized carbons (Fsp3) is 0.667. The summed E-state index contributed by atoms with van der Waals surface area (Å²) in [5, 5.41) is 0. The third-order valence-electron chi connectivity index (χ3n) is 3.23. The number of hydrogen-bond donors (Lipinski definition) is 1. The van der Waals surface area contributed by atoms with Gasteiger partial charge < -0.3 is 9.72 Å². The summed E-state index contributed by atoms with van der Waals surface area (Å²) in [5.74, 6) is 0.620. The SMILES string of the molecule is CCc1nc(C(CC)(CC)OC)[nH]c(=O)c1Br. The second kappa shape index (κ2) is 5.78. The minimum atomic E-state index is -0.496. The highest BCUT2D eigenvalue weighted by molar-refractivity contribution is 9.10. The number of rotatable bonds is 5. The molecule has 5 heteroatoms. The van der Waals surface area contributed by atoms with E-state index < -0.39 is 5.60 Å². The molecule has 1 N–H and O–H groups in total. The Balaban J connectivity index is 3.40. The highest BCUT2D eigenvalue weighted by atomic mass is 79.9. The van der Waals surface area contributed by atoms with E-state index in [4.69, 9.17) is 4.74 Å². The van der Waals surface area contributed by atoms with Gasteiger partial charge in [0, 0.05) is 7.11 Å². The molecule has 0 atom stereocenters. The van der Waals surface area contributed by atoms with Gasteiger partial charge in [0.05, 0.1) is 5.69 Å². The van der Waals surface area contributed by atoms with E-state index in [9.17, 15) is 4.79 Å². The largest absolute Gasteiger partial charge is 0.370 e. The van der Waals surface area contributed by atoms with Crippen LogP contribution in [0.2, 0.25) is 0 Å². The molecular formula is C12H19BrN2O2. The minimum absolute atomic E-state index is 0.143. The van der Waals surface area contributed by atoms with Crippen molar-refractivity contribution in [2.75, 3.05) is 7.11 Å². The van der Waals surface area contributed by atoms with Crippen molar-refractivity contribution < 1.29 is 4.74 Å². The zero-order valence-electron chi connectivity index (χ0n) is 10.8. The number of nitrogens with one attached hydrogen (secondary N) is 1. The standard InChI is InChI=1S/C12H19BrN2O2/c1-5-8-9(13)10(16)15-11(14-8)12(6-2,7-3)17-4/h5-7H2,1-4H3,(H,14,15,16). The van der Waals surface area contributed by atoms with E-state index in [1.165, 1.54) is 0 Å². The normalized spacial score (nSPS) is 11.8. The lowest BCUT2D eigenvalue weighted by Gasteiger charge is -2.29. The van der Waals surface area contributed by atoms with Crippen molar-refractivity contribution in [3.63, 3.8) is 0 Å². The van der Waals surface area contributed by atoms with Crippen molar-refractivity contribution in [3.8, 4) is 0 Å². The molecule has 1 aromatic heterocycles. The van der Waals surface area contributed by atoms with Crippen molar-refractivity contribution in [1.29, 1.82) is 0 Å². The molecule has 0 saturated carbocycles. The van der Waals surface area contributed by atoms with Gasteiger partial charge in [-0.1, -0.05) is 20.8 Å². The number of aryl methyl sites for hydroxylation is 1. The van der Waals surface area contributed by atoms with Crippen molar-refractivity contribution in [2.45, 2.75) is 45.6 Å². The lowest BCUT2D eigenvalue weighted by Crippen LogP contribution is -2.32. The maximum absolute atomic E-state index is 11.8. The van der Waals surface area contributed by atoms with Crippen LogP contribution >= 0.6 is 15.9 Å². The molecular weight excluding hydrogens is 284 g/mol. The van der Waals surface area contributed by atoms with E-state index in [1.54, 1.807) is 7.11 Å². The van der Waals surface area contributed by atoms with Crippen molar-refractivity contribution in [1.82, 2.24) is 9.97 Å². The maximum atomic E-state index is 11.8. The summed E-state index contributed by atoms with van der Waals surface area (Å²) >= 11 is 3.26. The zero-order chi connectivity index (χ0) is 13.1. The molecule has 1 heterocycles. The van der Waals surface area contributed by atoms with Crippen LogP contribution in [0.1, 0.15) is 45.1 Å². The molecule has 0 spiro atoms. The highest BCUT2D eigenvalue weighted by Gasteiger charge is 2.31. The number of ether oxygens (including phenoxy) is 1. The van der Waals surface area contributed by atoms with Gasteiger partial charge in [-0.15, -0.1) is 0 Å². The summed E-state index contributed by atoms with van der Waals surface area (Å²) in [7, 11) is 1.65. The van der Waals surface area contributed by atoms with Crippen LogP contribution in [0.25, 0.3) is 0 Å². The summed E-state index contributed by atoms with van der Waals surface area (Å²) < 4.78 is 6.08. The van der Waals surface area contributed by atoms with Crippen molar-refractivity contribution in [2.24, 2.45) is 0 Å². The zero-order valence-corrected chi connectivity index (χ0v) is 12.3. The maximum Gasteiger partial charge on any atom is 0.265 e. The summed E-state index contributed by atoms with van der Waals surface area (Å²) in [5.41, 5.74) is 0.131. The number of H-pyrrole nitrogens is 1. The van der Waals surface area contributed by atoms with Crippen LogP contribution in [-0.4, -0.2) is 17.1 Å². The highest BCUT2D eigenvalue weighted by Crippen LogP contribution is 2.29. The van der Waals surface area contributed by atoms with Crippen LogP contribution in [0.15, 0.2) is 9.27 Å². The molecule has 0 bridgehead atoms. The Morgan fingerprint density at radius 1 is 1.35 bits per heavy atom. The summed E-state index contributed by atoms with van der Waals surface area (Å²) in [4.78, 5) is 19.1. The van der Waals surface area contributed by atoms with Gasteiger partial charge in [0.25, 0.3) is 5.56 Å². The van der Waals surface area contributed by atoms with Crippen LogP contribution < -0.4 is 5.56 Å². The molecule has 0 aromatic carbocycles. The number of methoxy groups -OCH3 is 1. The third-order valence-corrected chi connectivity index (χ3v) is 4.05. The Morgan fingerprint density at radius 3 is 2.35 bits per heavy atom. The molecule has 17 heavy (non-hydrogen) atoms. The van der Waals surface area contributed by atoms with E-state index in [-0.39, 0.29) is 5.56 Å². The molecule has 0 fully saturated rings. The predicted molar refractivity (Wildman–Crippen MR) is 71.2 cm³/mol. The number of aromatic amines is 1. The van der Waals surface area contributed by atoms with Gasteiger partial charge in [0.1, 0.15) is 15.9 Å². The third kappa shape index (κ3) is 2.60. The Labute approximate surface area is 110 Å². The first-order valence-electron chi connectivity index (χ1n) is 5.88. The fourth-order valence-electron chi connectivity index (χ4n) is 1.93. The first-order valence-corrected chi connectivity index (χ1v) is 6.68. The van der Waals surface area contributed by atoms with Crippen LogP contribution in [0.3, 0.4) is 0 Å². The summed E-state index contributed by atoms with van der Waals surface area (Å²) in [6, 6.07) is 0. The van der Waals surface area contributed by atoms with E-state index >= 15 is 0 Å². The molecule has 4 nitrogen and oxygen atoms in total. The Kier molecular flexibility index (Phi) is 4.89. The first kappa shape index (κ1) is 14.4. The van der Waals surface area contributed by atoms with E-state index in [1.807, 2.05) is 20.8 Å². The van der Waals surface area contributed by atoms with Gasteiger partial charge in [-0.25, -0.2) is 4.98 Å². The number of hydrogen-bond acceptors (Lipinski definition) is 3. The van der Waals surface area contributed by atoms with Gasteiger partial charge in [-0.2, -0.15) is 0 Å². The molecule has 0 unspecified atom stereocenters. The smallest absolute Gasteiger partial charge is 0.265 e. The summed E-state index contributed by atoms with van der Waals surface area (Å²) in [6.07, 6.45) is 2.26. The lowest BCUT2D eigenvalue weighted by atomic mass is 9.96. The number of aromatic nitrogens is 2. The van der Waals surface area contributed by atoms with Crippen LogP contribution in [0.5, 0.6) is 0 Å². The first-order chi connectivity index (χ1) is 8.04. The molecule has 0 aliphatic rings. The van der Waals surface area contributed by atoms with Gasteiger partial charge in [-0.05, 0) is 35.2 Å². The molecule has 0 saturated heterocycles. The molecule has 0 amide bonds. The fourth-order valence-corrected chi connectivity index (χ4v) is 2.39. The molecule has 0 radical (unpaired) electrons. The minimum Gasteiger partial charge on any atom is -0.370 e. The van der Waals surface area contributed by atoms with Gasteiger partial charge >= 0.3 is 0 Å². The number of halogens is 1. The average Bonchev–Trinajstić information content (AvgIpc) is 2.36. The Hall–Kier alpha value is -0.680. The Morgan fingerprint density at radius 2 is 1.94 bits per heavy atom. The van der Waals surface area contributed by atoms with Gasteiger partial charge in [-0.3, -0.25) is 4.79 Å². The quantitative estimate of drug-likeness (QED) is 0.910. The summed E-state index contributed by atoms with van der Waals surface area (Å²) in [6.45, 7) is 6.03. The van der Waals surface area contributed by atoms with E-state index in [0.29, 0.717) is 16.7 Å². The molecule has 1 aromatic rings. The monoisotopic (exact) mass is 302 g/mol. The second-order valence-electron chi connectivity index (χ2n) is 3.93. The van der Waals surface area contributed by atoms with Gasteiger partial charge in [0.15, 0.2) is 0 Å². The molecule has 0 aliphatic carbocycles. The molecule has 0 aliphatic heterocycles. The predicted octanol–water partition coefficient (Wildman–Crippen LogP) is 2.76. The molecule has 1 rings (SSSR count). The van der Waals surface area contributed by atoms with Gasteiger partial charge in [0.2, 0.25) is 0 Å². The van der Waals surface area contributed by atoms with E-state index in [2.05, 4.69) is 25.9 Å². The lowest BCUT2D eigenvalue weighted by molar-refractivity contribution is -0.0295. The average molecular weight is 303 g/mol. The van der Waals surface area contributed by atoms with Crippen LogP contribution in [0.4, 0.5) is 0 Å². The number of nitrogens with zero attached hydrogens (tertiary/aromatic N) is 1.